The second-order valence-corrected chi connectivity index (χ2v) is 4.26. The van der Waals surface area contributed by atoms with E-state index in [0.29, 0.717) is 11.7 Å². The minimum Gasteiger partial charge on any atom is -0.359 e. The Kier molecular flexibility index (Phi) is 5.29. The first-order chi connectivity index (χ1) is 7.63. The summed E-state index contributed by atoms with van der Waals surface area (Å²) in [4.78, 5) is 0. The van der Waals surface area contributed by atoms with E-state index in [9.17, 15) is 0 Å². The standard InChI is InChI=1S/C12H15ClN2S/c1-3-8-14-12(16)15-9(2)10-4-6-11(13)7-5-10/h3-7,9H,1,8H2,2H3,(H2,14,15,16)/t9-/m1/s1. The van der Waals surface area contributed by atoms with E-state index in [1.165, 1.54) is 0 Å². The van der Waals surface area contributed by atoms with Gasteiger partial charge in [0.2, 0.25) is 0 Å². The van der Waals surface area contributed by atoms with E-state index in [2.05, 4.69) is 17.2 Å². The molecule has 2 nitrogen and oxygen atoms in total. The average Bonchev–Trinajstić information content (AvgIpc) is 2.27. The third-order valence-electron chi connectivity index (χ3n) is 2.12. The van der Waals surface area contributed by atoms with Crippen LogP contribution in [-0.2, 0) is 0 Å². The molecule has 0 aromatic heterocycles. The van der Waals surface area contributed by atoms with Crippen molar-refractivity contribution in [2.75, 3.05) is 6.54 Å². The van der Waals surface area contributed by atoms with E-state index in [-0.39, 0.29) is 6.04 Å². The zero-order valence-electron chi connectivity index (χ0n) is 9.16. The van der Waals surface area contributed by atoms with Gasteiger partial charge in [0.05, 0.1) is 6.04 Å². The van der Waals surface area contributed by atoms with Crippen LogP contribution in [0.5, 0.6) is 0 Å². The molecule has 0 fully saturated rings. The normalized spacial score (nSPS) is 11.6. The number of rotatable bonds is 4. The lowest BCUT2D eigenvalue weighted by molar-refractivity contribution is 0.705. The Hall–Kier alpha value is -1.06. The first kappa shape index (κ1) is 13.0. The molecule has 0 saturated heterocycles. The maximum absolute atomic E-state index is 5.82. The molecule has 0 spiro atoms. The molecule has 0 heterocycles. The fourth-order valence-corrected chi connectivity index (χ4v) is 1.63. The number of hydrogen-bond acceptors (Lipinski definition) is 1. The van der Waals surface area contributed by atoms with Crippen LogP contribution in [0.25, 0.3) is 0 Å². The SMILES string of the molecule is C=CCNC(=S)N[C@H](C)c1ccc(Cl)cc1. The molecule has 0 aliphatic rings. The van der Waals surface area contributed by atoms with Crippen molar-refractivity contribution in [2.45, 2.75) is 13.0 Å². The van der Waals surface area contributed by atoms with Gasteiger partial charge in [0.15, 0.2) is 5.11 Å². The maximum Gasteiger partial charge on any atom is 0.167 e. The van der Waals surface area contributed by atoms with Crippen LogP contribution in [0.15, 0.2) is 36.9 Å². The Bertz CT molecular complexity index is 362. The highest BCUT2D eigenvalue weighted by molar-refractivity contribution is 7.80. The smallest absolute Gasteiger partial charge is 0.167 e. The number of halogens is 1. The molecule has 16 heavy (non-hydrogen) atoms. The molecule has 4 heteroatoms. The predicted molar refractivity (Wildman–Crippen MR) is 73.8 cm³/mol. The van der Waals surface area contributed by atoms with Gasteiger partial charge >= 0.3 is 0 Å². The van der Waals surface area contributed by atoms with E-state index in [4.69, 9.17) is 23.8 Å². The molecule has 0 bridgehead atoms. The molecule has 1 atom stereocenters. The molecular formula is C12H15ClN2S. The lowest BCUT2D eigenvalue weighted by Crippen LogP contribution is -2.36. The van der Waals surface area contributed by atoms with E-state index < -0.39 is 0 Å². The van der Waals surface area contributed by atoms with Gasteiger partial charge in [-0.25, -0.2) is 0 Å². The van der Waals surface area contributed by atoms with Crippen LogP contribution in [0.3, 0.4) is 0 Å². The van der Waals surface area contributed by atoms with Crippen molar-refractivity contribution in [3.05, 3.63) is 47.5 Å². The van der Waals surface area contributed by atoms with Crippen molar-refractivity contribution < 1.29 is 0 Å². The topological polar surface area (TPSA) is 24.1 Å². The van der Waals surface area contributed by atoms with E-state index in [0.717, 1.165) is 10.6 Å². The Balaban J connectivity index is 2.51. The second-order valence-electron chi connectivity index (χ2n) is 3.42. The van der Waals surface area contributed by atoms with Crippen LogP contribution in [-0.4, -0.2) is 11.7 Å². The maximum atomic E-state index is 5.82. The van der Waals surface area contributed by atoms with Crippen molar-refractivity contribution in [1.29, 1.82) is 0 Å². The van der Waals surface area contributed by atoms with Gasteiger partial charge in [0.1, 0.15) is 0 Å². The highest BCUT2D eigenvalue weighted by atomic mass is 35.5. The van der Waals surface area contributed by atoms with Crippen molar-refractivity contribution in [1.82, 2.24) is 10.6 Å². The minimum atomic E-state index is 0.155. The summed E-state index contributed by atoms with van der Waals surface area (Å²) in [6.07, 6.45) is 1.76. The quantitative estimate of drug-likeness (QED) is 0.638. The Morgan fingerprint density at radius 1 is 1.50 bits per heavy atom. The van der Waals surface area contributed by atoms with Gasteiger partial charge < -0.3 is 10.6 Å². The van der Waals surface area contributed by atoms with Crippen LogP contribution in [0.1, 0.15) is 18.5 Å². The van der Waals surface area contributed by atoms with E-state index in [1.54, 1.807) is 6.08 Å². The second kappa shape index (κ2) is 6.51. The molecule has 86 valence electrons. The summed E-state index contributed by atoms with van der Waals surface area (Å²) < 4.78 is 0. The highest BCUT2D eigenvalue weighted by Gasteiger charge is 2.05. The molecule has 0 amide bonds. The summed E-state index contributed by atoms with van der Waals surface area (Å²) in [7, 11) is 0. The number of benzene rings is 1. The van der Waals surface area contributed by atoms with Gasteiger partial charge in [-0.3, -0.25) is 0 Å². The highest BCUT2D eigenvalue weighted by Crippen LogP contribution is 2.15. The Morgan fingerprint density at radius 2 is 2.12 bits per heavy atom. The Morgan fingerprint density at radius 3 is 2.69 bits per heavy atom. The van der Waals surface area contributed by atoms with Gasteiger partial charge in [0, 0.05) is 11.6 Å². The van der Waals surface area contributed by atoms with E-state index in [1.807, 2.05) is 31.2 Å². The first-order valence-corrected chi connectivity index (χ1v) is 5.83. The molecule has 0 aliphatic heterocycles. The zero-order chi connectivity index (χ0) is 12.0. The largest absolute Gasteiger partial charge is 0.359 e. The third kappa shape index (κ3) is 4.21. The Labute approximate surface area is 107 Å². The first-order valence-electron chi connectivity index (χ1n) is 5.04. The summed E-state index contributed by atoms with van der Waals surface area (Å²) in [5, 5.41) is 7.57. The molecule has 0 unspecified atom stereocenters. The van der Waals surface area contributed by atoms with E-state index >= 15 is 0 Å². The summed E-state index contributed by atoms with van der Waals surface area (Å²) >= 11 is 10.9. The number of thiocarbonyl (C=S) groups is 1. The number of nitrogens with one attached hydrogen (secondary N) is 2. The molecule has 0 saturated carbocycles. The van der Waals surface area contributed by atoms with Crippen molar-refractivity contribution in [3.63, 3.8) is 0 Å². The minimum absolute atomic E-state index is 0.155. The zero-order valence-corrected chi connectivity index (χ0v) is 10.7. The molecule has 1 aromatic rings. The van der Waals surface area contributed by atoms with Crippen molar-refractivity contribution >= 4 is 28.9 Å². The van der Waals surface area contributed by atoms with Gasteiger partial charge in [-0.15, -0.1) is 6.58 Å². The van der Waals surface area contributed by atoms with Crippen LogP contribution in [0.4, 0.5) is 0 Å². The van der Waals surface area contributed by atoms with Crippen LogP contribution in [0.2, 0.25) is 5.02 Å². The molecule has 0 radical (unpaired) electrons. The molecule has 2 N–H and O–H groups in total. The number of hydrogen-bond donors (Lipinski definition) is 2. The van der Waals surface area contributed by atoms with Crippen LogP contribution < -0.4 is 10.6 Å². The fraction of sp³-hybridized carbons (Fsp3) is 0.250. The molecular weight excluding hydrogens is 240 g/mol. The summed E-state index contributed by atoms with van der Waals surface area (Å²) in [5.74, 6) is 0. The predicted octanol–water partition coefficient (Wildman–Crippen LogP) is 3.05. The van der Waals surface area contributed by atoms with Crippen LogP contribution in [0, 0.1) is 0 Å². The van der Waals surface area contributed by atoms with Gasteiger partial charge in [-0.05, 0) is 36.8 Å². The fourth-order valence-electron chi connectivity index (χ4n) is 1.25. The molecule has 0 aliphatic carbocycles. The van der Waals surface area contributed by atoms with Crippen molar-refractivity contribution in [2.24, 2.45) is 0 Å². The molecule has 1 aromatic carbocycles. The third-order valence-corrected chi connectivity index (χ3v) is 2.64. The average molecular weight is 255 g/mol. The summed E-state index contributed by atoms with van der Waals surface area (Å²) in [5.41, 5.74) is 1.15. The van der Waals surface area contributed by atoms with Gasteiger partial charge in [-0.2, -0.15) is 0 Å². The summed E-state index contributed by atoms with van der Waals surface area (Å²) in [6.45, 7) is 6.33. The van der Waals surface area contributed by atoms with Gasteiger partial charge in [-0.1, -0.05) is 29.8 Å². The summed E-state index contributed by atoms with van der Waals surface area (Å²) in [6, 6.07) is 7.86. The van der Waals surface area contributed by atoms with Crippen LogP contribution >= 0.6 is 23.8 Å². The lowest BCUT2D eigenvalue weighted by atomic mass is 10.1. The lowest BCUT2D eigenvalue weighted by Gasteiger charge is -2.16. The molecule has 1 rings (SSSR count). The van der Waals surface area contributed by atoms with Crippen molar-refractivity contribution in [3.8, 4) is 0 Å². The monoisotopic (exact) mass is 254 g/mol. The van der Waals surface area contributed by atoms with Gasteiger partial charge in [0.25, 0.3) is 0 Å².